The van der Waals surface area contributed by atoms with Gasteiger partial charge in [-0.2, -0.15) is 0 Å². The first-order valence-corrected chi connectivity index (χ1v) is 18.5. The Bertz CT molecular complexity index is 1750. The summed E-state index contributed by atoms with van der Waals surface area (Å²) in [5, 5.41) is 3.20. The highest BCUT2D eigenvalue weighted by molar-refractivity contribution is 5.95. The molecule has 0 saturated carbocycles. The molecule has 5 rings (SSSR count). The Hall–Kier alpha value is -3.96. The number of aromatic nitrogens is 2. The summed E-state index contributed by atoms with van der Waals surface area (Å²) in [4.78, 5) is 27.1. The minimum absolute atomic E-state index is 0.228. The molecule has 2 atom stereocenters. The van der Waals surface area contributed by atoms with Crippen LogP contribution in [0.4, 0.5) is 4.39 Å². The number of pyridine rings is 1. The van der Waals surface area contributed by atoms with Crippen molar-refractivity contribution in [1.29, 1.82) is 0 Å². The second-order valence-corrected chi connectivity index (χ2v) is 14.1. The quantitative estimate of drug-likeness (QED) is 0.127. The SMILES string of the molecule is CC.CCn1c(-c2cc(C)cnc2C(C)OC)c(CC(C)(C)COC=O)c2cc(-c3cc(CF)cc(CC(N)C=O)c3)ccc21.CN1CCCCN1. The topological polar surface area (TPSA) is 112 Å². The molecule has 3 heterocycles. The summed E-state index contributed by atoms with van der Waals surface area (Å²) in [5.74, 6) is 0. The number of benzene rings is 2. The second-order valence-electron chi connectivity index (χ2n) is 14.1. The van der Waals surface area contributed by atoms with Crippen molar-refractivity contribution >= 4 is 23.7 Å². The summed E-state index contributed by atoms with van der Waals surface area (Å²) < 4.78 is 27.2. The van der Waals surface area contributed by atoms with Crippen LogP contribution >= 0.6 is 0 Å². The van der Waals surface area contributed by atoms with E-state index in [1.165, 1.54) is 19.4 Å². The first-order valence-electron chi connectivity index (χ1n) is 18.5. The van der Waals surface area contributed by atoms with Gasteiger partial charge in [0.2, 0.25) is 0 Å². The molecule has 0 amide bonds. The van der Waals surface area contributed by atoms with E-state index in [-0.39, 0.29) is 18.1 Å². The maximum Gasteiger partial charge on any atom is 0.293 e. The number of ether oxygens (including phenoxy) is 2. The van der Waals surface area contributed by atoms with Crippen LogP contribution in [0.15, 0.2) is 48.7 Å². The molecule has 1 aliphatic heterocycles. The van der Waals surface area contributed by atoms with E-state index in [2.05, 4.69) is 67.1 Å². The Balaban J connectivity index is 0.000000714. The zero-order valence-electron chi connectivity index (χ0n) is 32.7. The van der Waals surface area contributed by atoms with Gasteiger partial charge >= 0.3 is 0 Å². The van der Waals surface area contributed by atoms with Gasteiger partial charge in [-0.1, -0.05) is 45.9 Å². The van der Waals surface area contributed by atoms with Crippen LogP contribution in [0.1, 0.15) is 88.4 Å². The Labute approximate surface area is 310 Å². The maximum atomic E-state index is 13.9. The normalized spacial score (nSPS) is 14.4. The number of hydrogen-bond donors (Lipinski definition) is 2. The number of aryl methyl sites for hydroxylation is 2. The molecule has 3 N–H and O–H groups in total. The molecule has 4 aromatic rings. The third-order valence-corrected chi connectivity index (χ3v) is 9.22. The van der Waals surface area contributed by atoms with Gasteiger partial charge < -0.3 is 24.6 Å². The van der Waals surface area contributed by atoms with Crippen LogP contribution in [0.25, 0.3) is 33.3 Å². The molecule has 1 saturated heterocycles. The number of halogens is 1. The van der Waals surface area contributed by atoms with Crippen molar-refractivity contribution in [3.63, 3.8) is 0 Å². The van der Waals surface area contributed by atoms with E-state index in [4.69, 9.17) is 20.2 Å². The Morgan fingerprint density at radius 2 is 1.81 bits per heavy atom. The lowest BCUT2D eigenvalue weighted by molar-refractivity contribution is -0.131. The summed E-state index contributed by atoms with van der Waals surface area (Å²) in [5.41, 5.74) is 18.0. The summed E-state index contributed by atoms with van der Waals surface area (Å²) >= 11 is 0. The minimum Gasteiger partial charge on any atom is -0.467 e. The molecular weight excluding hydrogens is 657 g/mol. The van der Waals surface area contributed by atoms with E-state index < -0.39 is 12.7 Å². The average Bonchev–Trinajstić information content (AvgIpc) is 3.46. The van der Waals surface area contributed by atoms with E-state index in [9.17, 15) is 14.0 Å². The molecule has 2 aromatic carbocycles. The minimum atomic E-state index is -0.652. The lowest BCUT2D eigenvalue weighted by Crippen LogP contribution is -2.39. The smallest absolute Gasteiger partial charge is 0.293 e. The summed E-state index contributed by atoms with van der Waals surface area (Å²) in [7, 11) is 3.76. The van der Waals surface area contributed by atoms with Gasteiger partial charge in [-0.15, -0.1) is 0 Å². The molecule has 0 bridgehead atoms. The molecule has 2 aromatic heterocycles. The number of methoxy groups -OCH3 is 1. The third-order valence-electron chi connectivity index (χ3n) is 9.22. The predicted molar refractivity (Wildman–Crippen MR) is 210 cm³/mol. The molecule has 0 aliphatic carbocycles. The average molecular weight is 718 g/mol. The maximum absolute atomic E-state index is 13.9. The fraction of sp³-hybridized carbons (Fsp3) is 0.500. The number of nitrogens with one attached hydrogen (secondary N) is 1. The molecule has 284 valence electrons. The van der Waals surface area contributed by atoms with Gasteiger partial charge in [0, 0.05) is 61.9 Å². The lowest BCUT2D eigenvalue weighted by Gasteiger charge is -2.25. The molecule has 1 fully saturated rings. The number of nitrogens with two attached hydrogens (primary N) is 1. The van der Waals surface area contributed by atoms with Crippen LogP contribution in [0, 0.1) is 12.3 Å². The highest BCUT2D eigenvalue weighted by atomic mass is 19.1. The molecule has 10 heteroatoms. The van der Waals surface area contributed by atoms with E-state index in [1.807, 2.05) is 46.0 Å². The van der Waals surface area contributed by atoms with E-state index in [1.54, 1.807) is 13.2 Å². The van der Waals surface area contributed by atoms with Crippen LogP contribution < -0.4 is 11.2 Å². The van der Waals surface area contributed by atoms with E-state index in [0.29, 0.717) is 31.2 Å². The highest BCUT2D eigenvalue weighted by Gasteiger charge is 2.29. The molecular formula is C42H60FN5O4. The van der Waals surface area contributed by atoms with E-state index in [0.717, 1.165) is 68.8 Å². The van der Waals surface area contributed by atoms with Crippen molar-refractivity contribution in [1.82, 2.24) is 20.0 Å². The van der Waals surface area contributed by atoms with Crippen molar-refractivity contribution in [2.24, 2.45) is 11.1 Å². The highest BCUT2D eigenvalue weighted by Crippen LogP contribution is 2.42. The first kappa shape index (κ1) is 42.5. The Morgan fingerprint density at radius 1 is 1.08 bits per heavy atom. The van der Waals surface area contributed by atoms with Crippen LogP contribution in [0.5, 0.6) is 0 Å². The van der Waals surface area contributed by atoms with Gasteiger partial charge in [0.1, 0.15) is 13.0 Å². The van der Waals surface area contributed by atoms with Gasteiger partial charge in [0.05, 0.1) is 30.1 Å². The molecule has 1 aliphatic rings. The third kappa shape index (κ3) is 11.0. The monoisotopic (exact) mass is 717 g/mol. The van der Waals surface area contributed by atoms with Crippen LogP contribution in [0.2, 0.25) is 0 Å². The number of alkyl halides is 1. The Morgan fingerprint density at radius 3 is 2.38 bits per heavy atom. The van der Waals surface area contributed by atoms with Gasteiger partial charge in [-0.3, -0.25) is 15.2 Å². The number of nitrogens with zero attached hydrogens (tertiary/aromatic N) is 3. The largest absolute Gasteiger partial charge is 0.467 e. The van der Waals surface area contributed by atoms with Crippen LogP contribution in [0.3, 0.4) is 0 Å². The van der Waals surface area contributed by atoms with Crippen LogP contribution in [-0.4, -0.2) is 67.2 Å². The zero-order chi connectivity index (χ0) is 38.4. The van der Waals surface area contributed by atoms with Gasteiger partial charge in [0.15, 0.2) is 0 Å². The molecule has 0 radical (unpaired) electrons. The van der Waals surface area contributed by atoms with Crippen molar-refractivity contribution in [3.8, 4) is 22.4 Å². The zero-order valence-corrected chi connectivity index (χ0v) is 32.7. The number of carbonyl (C=O) groups is 2. The predicted octanol–water partition coefficient (Wildman–Crippen LogP) is 7.93. The van der Waals surface area contributed by atoms with E-state index >= 15 is 0 Å². The summed E-state index contributed by atoms with van der Waals surface area (Å²) in [6.07, 6.45) is 5.99. The molecule has 52 heavy (non-hydrogen) atoms. The first-order chi connectivity index (χ1) is 24.9. The Kier molecular flexibility index (Phi) is 16.6. The molecule has 9 nitrogen and oxygen atoms in total. The standard InChI is InChI=1S/C35H42FN3O4.C5H12N2.C2H6/c1-7-39-32-9-8-26(27-12-24(14-28(37)19-40)11-25(13-27)17-36)15-29(32)31(16-35(4,5)20-43-21-41)34(39)30-10-22(2)18-38-33(30)23(3)42-6;1-7-5-3-2-4-6-7;1-2/h8-13,15,18-19,21,23,28H,7,14,16-17,20,37H2,1-6H3;6H,2-5H2,1H3;1-2H3. The number of fused-ring (bicyclic) bond motifs is 1. The molecule has 0 spiro atoms. The van der Waals surface area contributed by atoms with Gasteiger partial charge in [-0.05, 0) is 104 Å². The summed E-state index contributed by atoms with van der Waals surface area (Å²) in [6.45, 7) is 17.5. The fourth-order valence-corrected chi connectivity index (χ4v) is 6.68. The number of carbonyl (C=O) groups excluding carboxylic acids is 2. The van der Waals surface area contributed by atoms with Crippen molar-refractivity contribution < 1.29 is 23.5 Å². The number of hydrazine groups is 1. The van der Waals surface area contributed by atoms with Crippen molar-refractivity contribution in [2.45, 2.75) is 99.5 Å². The summed E-state index contributed by atoms with van der Waals surface area (Å²) in [6, 6.07) is 13.4. The van der Waals surface area contributed by atoms with Crippen molar-refractivity contribution in [2.75, 3.05) is 33.9 Å². The van der Waals surface area contributed by atoms with Gasteiger partial charge in [0.25, 0.3) is 6.47 Å². The number of hydrogen-bond acceptors (Lipinski definition) is 8. The van der Waals surface area contributed by atoms with Crippen molar-refractivity contribution in [3.05, 3.63) is 76.6 Å². The fourth-order valence-electron chi connectivity index (χ4n) is 6.68. The molecule has 2 unspecified atom stereocenters. The number of rotatable bonds is 14. The van der Waals surface area contributed by atoms with Gasteiger partial charge in [-0.25, -0.2) is 9.40 Å². The van der Waals surface area contributed by atoms with Crippen LogP contribution in [-0.2, 0) is 45.1 Å². The second kappa shape index (κ2) is 20.3. The number of aldehydes is 1. The lowest BCUT2D eigenvalue weighted by atomic mass is 9.84.